The van der Waals surface area contributed by atoms with E-state index in [1.165, 1.54) is 0 Å². The van der Waals surface area contributed by atoms with E-state index >= 15 is 0 Å². The van der Waals surface area contributed by atoms with Gasteiger partial charge in [-0.25, -0.2) is 4.79 Å². The van der Waals surface area contributed by atoms with Crippen LogP contribution in [0.5, 0.6) is 5.75 Å². The van der Waals surface area contributed by atoms with Gasteiger partial charge in [0.2, 0.25) is 0 Å². The second-order valence-corrected chi connectivity index (χ2v) is 4.86. The third-order valence-electron chi connectivity index (χ3n) is 3.72. The minimum absolute atomic E-state index is 0.264. The first kappa shape index (κ1) is 11.1. The SMILES string of the molecule is NC(=O)N1CCC2(C=Cc3ccccc3O2)CC1. The van der Waals surface area contributed by atoms with Gasteiger partial charge in [0.05, 0.1) is 0 Å². The highest BCUT2D eigenvalue weighted by molar-refractivity contribution is 5.72. The average molecular weight is 244 g/mol. The molecular weight excluding hydrogens is 228 g/mol. The highest BCUT2D eigenvalue weighted by Gasteiger charge is 2.37. The van der Waals surface area contributed by atoms with Gasteiger partial charge in [0.25, 0.3) is 0 Å². The number of hydrogen-bond acceptors (Lipinski definition) is 2. The molecule has 94 valence electrons. The quantitative estimate of drug-likeness (QED) is 0.759. The lowest BCUT2D eigenvalue weighted by Crippen LogP contribution is -2.50. The first-order chi connectivity index (χ1) is 8.69. The lowest BCUT2D eigenvalue weighted by Gasteiger charge is -2.41. The number of hydrogen-bond donors (Lipinski definition) is 1. The fraction of sp³-hybridized carbons (Fsp3) is 0.357. The molecule has 1 saturated heterocycles. The summed E-state index contributed by atoms with van der Waals surface area (Å²) < 4.78 is 6.12. The van der Waals surface area contributed by atoms with Crippen LogP contribution in [0.15, 0.2) is 30.3 Å². The molecule has 1 aromatic rings. The number of carbonyl (C=O) groups excluding carboxylic acids is 1. The number of benzene rings is 1. The zero-order chi connectivity index (χ0) is 12.6. The van der Waals surface area contributed by atoms with Crippen LogP contribution in [-0.2, 0) is 0 Å². The molecule has 0 aromatic heterocycles. The summed E-state index contributed by atoms with van der Waals surface area (Å²) in [5, 5.41) is 0. The fourth-order valence-corrected chi connectivity index (χ4v) is 2.58. The van der Waals surface area contributed by atoms with E-state index in [-0.39, 0.29) is 11.6 Å². The van der Waals surface area contributed by atoms with E-state index in [0.29, 0.717) is 13.1 Å². The van der Waals surface area contributed by atoms with Gasteiger partial charge in [-0.3, -0.25) is 0 Å². The Labute approximate surface area is 106 Å². The number of nitrogens with zero attached hydrogens (tertiary/aromatic N) is 1. The normalized spacial score (nSPS) is 20.3. The largest absolute Gasteiger partial charge is 0.482 e. The smallest absolute Gasteiger partial charge is 0.314 e. The first-order valence-corrected chi connectivity index (χ1v) is 6.20. The second kappa shape index (κ2) is 4.05. The van der Waals surface area contributed by atoms with Gasteiger partial charge in [-0.1, -0.05) is 24.3 Å². The number of para-hydroxylation sites is 1. The molecule has 2 aliphatic rings. The molecule has 0 saturated carbocycles. The van der Waals surface area contributed by atoms with Gasteiger partial charge in [-0.2, -0.15) is 0 Å². The second-order valence-electron chi connectivity index (χ2n) is 4.86. The van der Waals surface area contributed by atoms with E-state index in [0.717, 1.165) is 24.2 Å². The molecule has 1 aromatic carbocycles. The molecule has 4 nitrogen and oxygen atoms in total. The number of carbonyl (C=O) groups is 1. The zero-order valence-electron chi connectivity index (χ0n) is 10.1. The van der Waals surface area contributed by atoms with Gasteiger partial charge in [-0.15, -0.1) is 0 Å². The summed E-state index contributed by atoms with van der Waals surface area (Å²) in [6, 6.07) is 7.66. The predicted octanol–water partition coefficient (Wildman–Crippen LogP) is 2.01. The molecule has 4 heteroatoms. The van der Waals surface area contributed by atoms with E-state index in [1.807, 2.05) is 24.3 Å². The number of nitrogens with two attached hydrogens (primary N) is 1. The number of piperidine rings is 1. The van der Waals surface area contributed by atoms with Crippen LogP contribution in [0.2, 0.25) is 0 Å². The van der Waals surface area contributed by atoms with Crippen molar-refractivity contribution in [2.45, 2.75) is 18.4 Å². The molecular formula is C14H16N2O2. The van der Waals surface area contributed by atoms with Crippen LogP contribution in [-0.4, -0.2) is 29.6 Å². The number of ether oxygens (including phenoxy) is 1. The van der Waals surface area contributed by atoms with Crippen molar-refractivity contribution >= 4 is 12.1 Å². The lowest BCUT2D eigenvalue weighted by molar-refractivity contribution is 0.0512. The molecule has 0 aliphatic carbocycles. The molecule has 2 N–H and O–H groups in total. The van der Waals surface area contributed by atoms with Crippen LogP contribution in [0, 0.1) is 0 Å². The summed E-state index contributed by atoms with van der Waals surface area (Å²) >= 11 is 0. The standard InChI is InChI=1S/C14H16N2O2/c15-13(17)16-9-7-14(8-10-16)6-5-11-3-1-2-4-12(11)18-14/h1-6H,7-10H2,(H2,15,17). The Morgan fingerprint density at radius 3 is 2.72 bits per heavy atom. The maximum atomic E-state index is 11.1. The monoisotopic (exact) mass is 244 g/mol. The molecule has 2 amide bonds. The Morgan fingerprint density at radius 2 is 2.00 bits per heavy atom. The first-order valence-electron chi connectivity index (χ1n) is 6.20. The van der Waals surface area contributed by atoms with E-state index in [1.54, 1.807) is 4.90 Å². The number of fused-ring (bicyclic) bond motifs is 1. The van der Waals surface area contributed by atoms with Crippen LogP contribution in [0.4, 0.5) is 4.79 Å². The van der Waals surface area contributed by atoms with Crippen LogP contribution in [0.3, 0.4) is 0 Å². The van der Waals surface area contributed by atoms with Crippen molar-refractivity contribution < 1.29 is 9.53 Å². The summed E-state index contributed by atoms with van der Waals surface area (Å²) in [4.78, 5) is 12.8. The van der Waals surface area contributed by atoms with Gasteiger partial charge in [0.15, 0.2) is 0 Å². The molecule has 0 atom stereocenters. The number of amides is 2. The number of rotatable bonds is 0. The number of urea groups is 1. The minimum atomic E-state index is -0.343. The highest BCUT2D eigenvalue weighted by Crippen LogP contribution is 2.36. The van der Waals surface area contributed by atoms with E-state index in [4.69, 9.17) is 10.5 Å². The Bertz CT molecular complexity index is 502. The molecule has 0 bridgehead atoms. The third-order valence-corrected chi connectivity index (χ3v) is 3.72. The van der Waals surface area contributed by atoms with Crippen molar-refractivity contribution in [3.8, 4) is 5.75 Å². The summed E-state index contributed by atoms with van der Waals surface area (Å²) in [5.41, 5.74) is 6.14. The Kier molecular flexibility index (Phi) is 2.51. The summed E-state index contributed by atoms with van der Waals surface area (Å²) in [5.74, 6) is 0.924. The van der Waals surface area contributed by atoms with Gasteiger partial charge in [-0.05, 0) is 12.1 Å². The molecule has 1 fully saturated rings. The van der Waals surface area contributed by atoms with Gasteiger partial charge in [0.1, 0.15) is 11.4 Å². The maximum Gasteiger partial charge on any atom is 0.314 e. The molecule has 0 radical (unpaired) electrons. The van der Waals surface area contributed by atoms with E-state index in [9.17, 15) is 4.79 Å². The number of likely N-dealkylation sites (tertiary alicyclic amines) is 1. The number of primary amides is 1. The lowest BCUT2D eigenvalue weighted by atomic mass is 9.88. The topological polar surface area (TPSA) is 55.6 Å². The van der Waals surface area contributed by atoms with Crippen LogP contribution < -0.4 is 10.5 Å². The average Bonchev–Trinajstić information content (AvgIpc) is 2.39. The Balaban J connectivity index is 1.79. The Morgan fingerprint density at radius 1 is 1.28 bits per heavy atom. The molecule has 3 rings (SSSR count). The van der Waals surface area contributed by atoms with Crippen LogP contribution in [0.25, 0.3) is 6.08 Å². The van der Waals surface area contributed by atoms with E-state index < -0.39 is 0 Å². The van der Waals surface area contributed by atoms with Gasteiger partial charge < -0.3 is 15.4 Å². The van der Waals surface area contributed by atoms with Crippen LogP contribution >= 0.6 is 0 Å². The van der Waals surface area contributed by atoms with Gasteiger partial charge >= 0.3 is 6.03 Å². The van der Waals surface area contributed by atoms with E-state index in [2.05, 4.69) is 12.2 Å². The summed E-state index contributed by atoms with van der Waals surface area (Å²) in [7, 11) is 0. The van der Waals surface area contributed by atoms with Crippen molar-refractivity contribution in [2.24, 2.45) is 5.73 Å². The maximum absolute atomic E-state index is 11.1. The summed E-state index contributed by atoms with van der Waals surface area (Å²) in [6.45, 7) is 1.31. The van der Waals surface area contributed by atoms with Crippen molar-refractivity contribution in [1.82, 2.24) is 4.90 Å². The minimum Gasteiger partial charge on any atom is -0.482 e. The van der Waals surface area contributed by atoms with Crippen molar-refractivity contribution in [3.05, 3.63) is 35.9 Å². The molecule has 18 heavy (non-hydrogen) atoms. The highest BCUT2D eigenvalue weighted by atomic mass is 16.5. The van der Waals surface area contributed by atoms with Crippen molar-refractivity contribution in [1.29, 1.82) is 0 Å². The molecule has 1 spiro atoms. The summed E-state index contributed by atoms with van der Waals surface area (Å²) in [6.07, 6.45) is 5.81. The molecule has 0 unspecified atom stereocenters. The van der Waals surface area contributed by atoms with Crippen LogP contribution in [0.1, 0.15) is 18.4 Å². The predicted molar refractivity (Wildman–Crippen MR) is 69.2 cm³/mol. The Hall–Kier alpha value is -1.97. The fourth-order valence-electron chi connectivity index (χ4n) is 2.58. The zero-order valence-corrected chi connectivity index (χ0v) is 10.1. The van der Waals surface area contributed by atoms with Gasteiger partial charge in [0, 0.05) is 31.5 Å². The molecule has 2 aliphatic heterocycles. The van der Waals surface area contributed by atoms with Crippen molar-refractivity contribution in [2.75, 3.05) is 13.1 Å². The molecule has 2 heterocycles. The third kappa shape index (κ3) is 1.83. The van der Waals surface area contributed by atoms with Crippen molar-refractivity contribution in [3.63, 3.8) is 0 Å².